The smallest absolute Gasteiger partial charge is 0.218 e. The summed E-state index contributed by atoms with van der Waals surface area (Å²) in [6.45, 7) is 14.4. The van der Waals surface area contributed by atoms with Crippen molar-refractivity contribution in [2.75, 3.05) is 6.54 Å². The summed E-state index contributed by atoms with van der Waals surface area (Å²) in [7, 11) is 0. The molecule has 6 nitrogen and oxygen atoms in total. The predicted octanol–water partition coefficient (Wildman–Crippen LogP) is 3.84. The molecule has 1 aromatic heterocycles. The van der Waals surface area contributed by atoms with Crippen LogP contribution in [-0.2, 0) is 11.2 Å². The summed E-state index contributed by atoms with van der Waals surface area (Å²) in [6, 6.07) is 1.92. The molecule has 0 bridgehead atoms. The SMILES string of the molecule is C=C(C)C[C@H](NC(C)=O)[C@H](O)CN[C@H]1CC2(CCC2)Oc2ncc(CC(C)(C)C)cc21. The van der Waals surface area contributed by atoms with Crippen LogP contribution in [0.4, 0.5) is 0 Å². The lowest BCUT2D eigenvalue weighted by Crippen LogP contribution is -2.51. The van der Waals surface area contributed by atoms with Gasteiger partial charge in [0.2, 0.25) is 11.8 Å². The van der Waals surface area contributed by atoms with Gasteiger partial charge in [0.25, 0.3) is 0 Å². The van der Waals surface area contributed by atoms with E-state index in [4.69, 9.17) is 4.74 Å². The third-order valence-electron chi connectivity index (χ3n) is 6.19. The van der Waals surface area contributed by atoms with Gasteiger partial charge < -0.3 is 20.5 Å². The zero-order valence-electron chi connectivity index (χ0n) is 19.8. The van der Waals surface area contributed by atoms with Crippen molar-refractivity contribution in [3.05, 3.63) is 35.5 Å². The number of nitrogens with zero attached hydrogens (tertiary/aromatic N) is 1. The summed E-state index contributed by atoms with van der Waals surface area (Å²) >= 11 is 0. The van der Waals surface area contributed by atoms with E-state index in [1.165, 1.54) is 18.9 Å². The minimum Gasteiger partial charge on any atom is -0.471 e. The highest BCUT2D eigenvalue weighted by molar-refractivity contribution is 5.73. The molecule has 172 valence electrons. The Balaban J connectivity index is 1.77. The van der Waals surface area contributed by atoms with Gasteiger partial charge in [-0.05, 0) is 56.1 Å². The second-order valence-corrected chi connectivity index (χ2v) is 10.8. The molecule has 3 rings (SSSR count). The first kappa shape index (κ1) is 23.7. The number of aliphatic hydroxyl groups is 1. The first-order valence-electron chi connectivity index (χ1n) is 11.5. The van der Waals surface area contributed by atoms with Crippen LogP contribution in [0, 0.1) is 5.41 Å². The molecular formula is C25H39N3O3. The standard InChI is InChI=1S/C25H39N3O3/c1-16(2)10-20(28-17(3)29)22(30)15-26-21-13-25(8-7-9-25)31-23-19(21)11-18(14-27-23)12-24(4,5)6/h11,14,20-22,26,30H,1,7-10,12-13,15H2,2-6H3,(H,28,29)/t20-,21-,22+/m0/s1. The van der Waals surface area contributed by atoms with E-state index >= 15 is 0 Å². The monoisotopic (exact) mass is 429 g/mol. The number of aromatic nitrogens is 1. The van der Waals surface area contributed by atoms with E-state index < -0.39 is 6.10 Å². The Morgan fingerprint density at radius 2 is 2.10 bits per heavy atom. The number of fused-ring (bicyclic) bond motifs is 1. The number of nitrogens with one attached hydrogen (secondary N) is 2. The average Bonchev–Trinajstić information content (AvgIpc) is 2.62. The van der Waals surface area contributed by atoms with E-state index in [9.17, 15) is 9.90 Å². The van der Waals surface area contributed by atoms with Crippen LogP contribution in [0.5, 0.6) is 5.88 Å². The molecule has 1 saturated carbocycles. The summed E-state index contributed by atoms with van der Waals surface area (Å²) in [4.78, 5) is 16.3. The number of hydrogen-bond donors (Lipinski definition) is 3. The zero-order valence-corrected chi connectivity index (χ0v) is 19.8. The molecule has 6 heteroatoms. The lowest BCUT2D eigenvalue weighted by molar-refractivity contribution is -0.120. The fraction of sp³-hybridized carbons (Fsp3) is 0.680. The zero-order chi connectivity index (χ0) is 22.8. The molecule has 3 atom stereocenters. The summed E-state index contributed by atoms with van der Waals surface area (Å²) < 4.78 is 6.35. The van der Waals surface area contributed by atoms with Gasteiger partial charge in [-0.3, -0.25) is 4.79 Å². The highest BCUT2D eigenvalue weighted by Crippen LogP contribution is 2.48. The summed E-state index contributed by atoms with van der Waals surface area (Å²) in [6.07, 6.45) is 6.86. The van der Waals surface area contributed by atoms with Crippen LogP contribution in [0.25, 0.3) is 0 Å². The maximum Gasteiger partial charge on any atom is 0.218 e. The molecule has 1 amide bonds. The minimum absolute atomic E-state index is 0.0638. The normalized spacial score (nSPS) is 21.4. The number of carbonyl (C=O) groups is 1. The summed E-state index contributed by atoms with van der Waals surface area (Å²) in [5.74, 6) is 0.571. The van der Waals surface area contributed by atoms with Crippen LogP contribution >= 0.6 is 0 Å². The van der Waals surface area contributed by atoms with Gasteiger partial charge in [0, 0.05) is 37.7 Å². The molecule has 0 aromatic carbocycles. The molecule has 1 spiro atoms. The predicted molar refractivity (Wildman–Crippen MR) is 123 cm³/mol. The van der Waals surface area contributed by atoms with E-state index in [1.54, 1.807) is 0 Å². The third kappa shape index (κ3) is 6.30. The molecule has 1 aromatic rings. The molecule has 0 saturated heterocycles. The minimum atomic E-state index is -0.713. The van der Waals surface area contributed by atoms with Gasteiger partial charge in [-0.1, -0.05) is 26.3 Å². The highest BCUT2D eigenvalue weighted by atomic mass is 16.5. The number of aliphatic hydroxyl groups excluding tert-OH is 1. The fourth-order valence-electron chi connectivity index (χ4n) is 4.67. The van der Waals surface area contributed by atoms with Gasteiger partial charge in [-0.2, -0.15) is 0 Å². The highest BCUT2D eigenvalue weighted by Gasteiger charge is 2.46. The molecule has 1 aliphatic heterocycles. The van der Waals surface area contributed by atoms with E-state index in [2.05, 4.69) is 49.0 Å². The Kier molecular flexibility index (Phi) is 7.11. The summed E-state index contributed by atoms with van der Waals surface area (Å²) in [5, 5.41) is 17.3. The number of amides is 1. The molecule has 0 radical (unpaired) electrons. The van der Waals surface area contributed by atoms with Crippen molar-refractivity contribution in [2.24, 2.45) is 5.41 Å². The Morgan fingerprint density at radius 1 is 1.39 bits per heavy atom. The molecule has 2 aliphatic rings. The van der Waals surface area contributed by atoms with E-state index in [1.807, 2.05) is 13.1 Å². The maximum atomic E-state index is 11.6. The lowest BCUT2D eigenvalue weighted by atomic mass is 9.73. The average molecular weight is 430 g/mol. The fourth-order valence-corrected chi connectivity index (χ4v) is 4.67. The maximum absolute atomic E-state index is 11.6. The summed E-state index contributed by atoms with van der Waals surface area (Å²) in [5.41, 5.74) is 3.24. The first-order valence-corrected chi connectivity index (χ1v) is 11.5. The number of ether oxygens (including phenoxy) is 1. The van der Waals surface area contributed by atoms with Gasteiger partial charge in [-0.25, -0.2) is 4.98 Å². The number of rotatable bonds is 8. The topological polar surface area (TPSA) is 83.5 Å². The van der Waals surface area contributed by atoms with Crippen LogP contribution in [-0.4, -0.2) is 40.3 Å². The van der Waals surface area contributed by atoms with E-state index in [0.717, 1.165) is 42.7 Å². The van der Waals surface area contributed by atoms with Crippen molar-refractivity contribution in [3.8, 4) is 5.88 Å². The van der Waals surface area contributed by atoms with Crippen LogP contribution in [0.15, 0.2) is 24.4 Å². The first-order chi connectivity index (χ1) is 14.5. The number of hydrogen-bond acceptors (Lipinski definition) is 5. The van der Waals surface area contributed by atoms with Crippen molar-refractivity contribution in [2.45, 2.75) is 96.9 Å². The molecule has 31 heavy (non-hydrogen) atoms. The molecule has 0 unspecified atom stereocenters. The van der Waals surface area contributed by atoms with Crippen molar-refractivity contribution in [1.82, 2.24) is 15.6 Å². The Hall–Kier alpha value is -1.92. The van der Waals surface area contributed by atoms with Gasteiger partial charge in [0.15, 0.2) is 0 Å². The van der Waals surface area contributed by atoms with E-state index in [-0.39, 0.29) is 29.0 Å². The quantitative estimate of drug-likeness (QED) is 0.547. The molecule has 3 N–H and O–H groups in total. The number of pyridine rings is 1. The molecular weight excluding hydrogens is 390 g/mol. The van der Waals surface area contributed by atoms with Crippen LogP contribution in [0.1, 0.15) is 83.9 Å². The molecule has 2 heterocycles. The van der Waals surface area contributed by atoms with Gasteiger partial charge >= 0.3 is 0 Å². The molecule has 1 aliphatic carbocycles. The lowest BCUT2D eigenvalue weighted by Gasteiger charge is -2.47. The second-order valence-electron chi connectivity index (χ2n) is 10.8. The van der Waals surface area contributed by atoms with Crippen molar-refractivity contribution < 1.29 is 14.6 Å². The van der Waals surface area contributed by atoms with Crippen molar-refractivity contribution in [3.63, 3.8) is 0 Å². The number of carbonyl (C=O) groups excluding carboxylic acids is 1. The van der Waals surface area contributed by atoms with Crippen molar-refractivity contribution in [1.29, 1.82) is 0 Å². The largest absolute Gasteiger partial charge is 0.471 e. The second kappa shape index (κ2) is 9.29. The molecule has 1 fully saturated rings. The Bertz CT molecular complexity index is 795. The van der Waals surface area contributed by atoms with Crippen LogP contribution in [0.3, 0.4) is 0 Å². The van der Waals surface area contributed by atoms with Crippen LogP contribution < -0.4 is 15.4 Å². The van der Waals surface area contributed by atoms with Gasteiger partial charge in [-0.15, -0.1) is 6.58 Å². The Labute approximate surface area is 186 Å². The van der Waals surface area contributed by atoms with Gasteiger partial charge in [0.1, 0.15) is 5.60 Å². The van der Waals surface area contributed by atoms with Crippen LogP contribution in [0.2, 0.25) is 0 Å². The van der Waals surface area contributed by atoms with Crippen molar-refractivity contribution >= 4 is 5.91 Å². The van der Waals surface area contributed by atoms with Gasteiger partial charge in [0.05, 0.1) is 12.1 Å². The van der Waals surface area contributed by atoms with E-state index in [0.29, 0.717) is 13.0 Å². The Morgan fingerprint density at radius 3 is 2.65 bits per heavy atom. The third-order valence-corrected chi connectivity index (χ3v) is 6.19.